The molecule has 1 amide bonds. The average Bonchev–Trinajstić information content (AvgIpc) is 2.72. The van der Waals surface area contributed by atoms with Crippen molar-refractivity contribution in [2.45, 2.75) is 25.3 Å². The van der Waals surface area contributed by atoms with Crippen molar-refractivity contribution in [3.05, 3.63) is 71.3 Å². The van der Waals surface area contributed by atoms with Gasteiger partial charge < -0.3 is 10.4 Å². The molecular weight excluding hydrogens is 442 g/mol. The van der Waals surface area contributed by atoms with E-state index in [0.29, 0.717) is 12.1 Å². The summed E-state index contributed by atoms with van der Waals surface area (Å²) in [7, 11) is 0. The molecule has 12 heteroatoms. The van der Waals surface area contributed by atoms with Crippen molar-refractivity contribution in [3.63, 3.8) is 0 Å². The van der Waals surface area contributed by atoms with Gasteiger partial charge in [0.1, 0.15) is 11.4 Å². The van der Waals surface area contributed by atoms with Crippen molar-refractivity contribution in [1.82, 2.24) is 20.3 Å². The number of hydrogen-bond acceptors (Lipinski definition) is 5. The number of hydrogen-bond donors (Lipinski definition) is 2. The first-order valence-electron chi connectivity index (χ1n) is 8.93. The molecule has 0 aliphatic rings. The fraction of sp³-hybridized carbons (Fsp3) is 0.200. The van der Waals surface area contributed by atoms with Crippen molar-refractivity contribution < 1.29 is 36.2 Å². The number of pyridine rings is 1. The topological polar surface area (TPSA) is 88.0 Å². The number of carbonyl (C=O) groups excluding carboxylic acids is 1. The Morgan fingerprint density at radius 1 is 0.938 bits per heavy atom. The third kappa shape index (κ3) is 5.13. The van der Waals surface area contributed by atoms with Gasteiger partial charge in [-0.25, -0.2) is 0 Å². The van der Waals surface area contributed by atoms with Crippen LogP contribution in [0.5, 0.6) is 5.75 Å². The minimum atomic E-state index is -5.08. The third-order valence-corrected chi connectivity index (χ3v) is 4.32. The molecule has 2 aromatic heterocycles. The first kappa shape index (κ1) is 23.0. The maximum atomic E-state index is 13.1. The highest BCUT2D eigenvalue weighted by Gasteiger charge is 2.37. The number of aromatic hydroxyl groups is 1. The van der Waals surface area contributed by atoms with Gasteiger partial charge >= 0.3 is 12.4 Å². The van der Waals surface area contributed by atoms with E-state index in [1.165, 1.54) is 31.5 Å². The Morgan fingerprint density at radius 2 is 1.53 bits per heavy atom. The highest BCUT2D eigenvalue weighted by Crippen LogP contribution is 2.36. The number of nitrogens with one attached hydrogen (secondary N) is 1. The van der Waals surface area contributed by atoms with Crippen molar-refractivity contribution in [3.8, 4) is 17.1 Å². The van der Waals surface area contributed by atoms with Crippen LogP contribution in [0.2, 0.25) is 0 Å². The molecule has 0 aliphatic carbocycles. The number of halogens is 6. The number of benzene rings is 1. The van der Waals surface area contributed by atoms with Gasteiger partial charge in [-0.15, -0.1) is 0 Å². The smallest absolute Gasteiger partial charge is 0.416 e. The molecule has 0 bridgehead atoms. The van der Waals surface area contributed by atoms with Crippen LogP contribution in [0.3, 0.4) is 0 Å². The van der Waals surface area contributed by atoms with Crippen LogP contribution in [-0.2, 0) is 12.4 Å². The van der Waals surface area contributed by atoms with E-state index in [0.717, 1.165) is 6.20 Å². The molecule has 0 saturated heterocycles. The molecule has 1 atom stereocenters. The molecule has 3 rings (SSSR count). The summed E-state index contributed by atoms with van der Waals surface area (Å²) in [6.07, 6.45) is -6.37. The van der Waals surface area contributed by atoms with Crippen LogP contribution in [0.4, 0.5) is 26.3 Å². The summed E-state index contributed by atoms with van der Waals surface area (Å²) in [5.74, 6) is -1.27. The molecule has 2 N–H and O–H groups in total. The monoisotopic (exact) mass is 456 g/mol. The largest absolute Gasteiger partial charge is 0.506 e. The second-order valence-corrected chi connectivity index (χ2v) is 6.68. The first-order chi connectivity index (χ1) is 14.9. The normalized spacial score (nSPS) is 13.0. The molecule has 168 valence electrons. The molecule has 0 radical (unpaired) electrons. The summed E-state index contributed by atoms with van der Waals surface area (Å²) in [6.45, 7) is 1.43. The van der Waals surface area contributed by atoms with Crippen molar-refractivity contribution in [2.75, 3.05) is 0 Å². The van der Waals surface area contributed by atoms with E-state index in [-0.39, 0.29) is 28.9 Å². The number of amides is 1. The van der Waals surface area contributed by atoms with Crippen LogP contribution in [0.1, 0.15) is 40.1 Å². The van der Waals surface area contributed by atoms with E-state index in [2.05, 4.69) is 20.3 Å². The number of rotatable bonds is 4. The molecule has 3 aromatic rings. The van der Waals surface area contributed by atoms with Gasteiger partial charge in [0.15, 0.2) is 0 Å². The number of aromatic nitrogens is 3. The van der Waals surface area contributed by atoms with E-state index in [1.807, 2.05) is 0 Å². The van der Waals surface area contributed by atoms with Crippen LogP contribution in [0.15, 0.2) is 48.9 Å². The van der Waals surface area contributed by atoms with Gasteiger partial charge in [0.25, 0.3) is 5.91 Å². The highest BCUT2D eigenvalue weighted by molar-refractivity contribution is 5.95. The van der Waals surface area contributed by atoms with Gasteiger partial charge in [-0.3, -0.25) is 19.7 Å². The van der Waals surface area contributed by atoms with Gasteiger partial charge in [0.05, 0.1) is 34.8 Å². The summed E-state index contributed by atoms with van der Waals surface area (Å²) in [5.41, 5.74) is -3.35. The third-order valence-electron chi connectivity index (χ3n) is 4.32. The quantitative estimate of drug-likeness (QED) is 0.552. The van der Waals surface area contributed by atoms with Gasteiger partial charge in [-0.05, 0) is 37.3 Å². The lowest BCUT2D eigenvalue weighted by atomic mass is 10.0. The van der Waals surface area contributed by atoms with Crippen LogP contribution in [0, 0.1) is 0 Å². The first-order valence-corrected chi connectivity index (χ1v) is 8.93. The van der Waals surface area contributed by atoms with E-state index < -0.39 is 41.0 Å². The number of carbonyl (C=O) groups is 1. The molecule has 6 nitrogen and oxygen atoms in total. The Hall–Kier alpha value is -3.70. The zero-order chi connectivity index (χ0) is 23.7. The van der Waals surface area contributed by atoms with Crippen LogP contribution in [-0.4, -0.2) is 26.0 Å². The Balaban J connectivity index is 1.94. The summed E-state index contributed by atoms with van der Waals surface area (Å²) >= 11 is 0. The fourth-order valence-electron chi connectivity index (χ4n) is 2.82. The summed E-state index contributed by atoms with van der Waals surface area (Å²) in [4.78, 5) is 24.7. The van der Waals surface area contributed by atoms with Gasteiger partial charge in [-0.2, -0.15) is 26.3 Å². The van der Waals surface area contributed by atoms with E-state index >= 15 is 0 Å². The van der Waals surface area contributed by atoms with Crippen molar-refractivity contribution in [1.29, 1.82) is 0 Å². The lowest BCUT2D eigenvalue weighted by Crippen LogP contribution is -2.28. The standard InChI is InChI=1S/C20H14F6N4O2/c1-10(16-17(28-5-4-27-16)15-3-2-14(31)9-29-15)30-18(32)11-6-12(19(21,22)23)8-13(7-11)20(24,25)26/h2-10,31H,1H3,(H,30,32). The van der Waals surface area contributed by atoms with Gasteiger partial charge in [0, 0.05) is 18.0 Å². The molecule has 0 fully saturated rings. The zero-order valence-electron chi connectivity index (χ0n) is 16.2. The van der Waals surface area contributed by atoms with E-state index in [9.17, 15) is 36.2 Å². The maximum Gasteiger partial charge on any atom is 0.416 e. The maximum absolute atomic E-state index is 13.1. The molecule has 0 aliphatic heterocycles. The summed E-state index contributed by atoms with van der Waals surface area (Å²) in [6, 6.07) is 2.45. The van der Waals surface area contributed by atoms with E-state index in [1.54, 1.807) is 0 Å². The van der Waals surface area contributed by atoms with E-state index in [4.69, 9.17) is 0 Å². The summed E-state index contributed by atoms with van der Waals surface area (Å²) in [5, 5.41) is 11.7. The average molecular weight is 456 g/mol. The van der Waals surface area contributed by atoms with Crippen LogP contribution >= 0.6 is 0 Å². The number of nitrogens with zero attached hydrogens (tertiary/aromatic N) is 3. The Morgan fingerprint density at radius 3 is 2.06 bits per heavy atom. The lowest BCUT2D eigenvalue weighted by molar-refractivity contribution is -0.143. The molecule has 1 unspecified atom stereocenters. The minimum absolute atomic E-state index is 0.0581. The van der Waals surface area contributed by atoms with Crippen LogP contribution in [0.25, 0.3) is 11.4 Å². The number of alkyl halides is 6. The zero-order valence-corrected chi connectivity index (χ0v) is 16.2. The minimum Gasteiger partial charge on any atom is -0.506 e. The predicted molar refractivity (Wildman–Crippen MR) is 99.3 cm³/mol. The Bertz CT molecular complexity index is 1100. The lowest BCUT2D eigenvalue weighted by Gasteiger charge is -2.18. The predicted octanol–water partition coefficient (Wildman–Crippen LogP) is 4.77. The second kappa shape index (κ2) is 8.44. The molecular formula is C20H14F6N4O2. The molecule has 0 spiro atoms. The Kier molecular flexibility index (Phi) is 6.06. The summed E-state index contributed by atoms with van der Waals surface area (Å²) < 4.78 is 78.3. The Labute approximate surface area is 177 Å². The van der Waals surface area contributed by atoms with Crippen molar-refractivity contribution >= 4 is 5.91 Å². The van der Waals surface area contributed by atoms with Crippen molar-refractivity contribution in [2.24, 2.45) is 0 Å². The highest BCUT2D eigenvalue weighted by atomic mass is 19.4. The van der Waals surface area contributed by atoms with Gasteiger partial charge in [-0.1, -0.05) is 0 Å². The second-order valence-electron chi connectivity index (χ2n) is 6.68. The molecule has 2 heterocycles. The van der Waals surface area contributed by atoms with Crippen LogP contribution < -0.4 is 5.32 Å². The molecule has 1 aromatic carbocycles. The molecule has 0 saturated carbocycles. The molecule has 32 heavy (non-hydrogen) atoms. The SMILES string of the molecule is CC(NC(=O)c1cc(C(F)(F)F)cc(C(F)(F)F)c1)c1nccnc1-c1ccc(O)cn1. The van der Waals surface area contributed by atoms with Gasteiger partial charge in [0.2, 0.25) is 0 Å². The fourth-order valence-corrected chi connectivity index (χ4v) is 2.82.